The van der Waals surface area contributed by atoms with Gasteiger partial charge in [-0.05, 0) is 24.7 Å². The van der Waals surface area contributed by atoms with Crippen LogP contribution in [0.3, 0.4) is 0 Å². The van der Waals surface area contributed by atoms with Gasteiger partial charge in [0.15, 0.2) is 5.11 Å². The van der Waals surface area contributed by atoms with Gasteiger partial charge in [0.25, 0.3) is 0 Å². The Morgan fingerprint density at radius 3 is 2.28 bits per heavy atom. The van der Waals surface area contributed by atoms with E-state index in [1.54, 1.807) is 27.7 Å². The smallest absolute Gasteiger partial charge is 0.341 e. The summed E-state index contributed by atoms with van der Waals surface area (Å²) in [6.45, 7) is 7.15. The SMILES string of the molecule is CCOC(=O)c1c(-c2ccccc2)csc1NC(=S)N[C@H](NC(=O)C(C)(C)C)C(Cl)(Cl)Cl. The Bertz CT molecular complexity index is 970. The molecule has 0 radical (unpaired) electrons. The number of thiophene rings is 1. The lowest BCUT2D eigenvalue weighted by Crippen LogP contribution is -2.58. The lowest BCUT2D eigenvalue weighted by Gasteiger charge is -2.30. The van der Waals surface area contributed by atoms with E-state index in [0.29, 0.717) is 16.1 Å². The highest BCUT2D eigenvalue weighted by molar-refractivity contribution is 7.80. The van der Waals surface area contributed by atoms with Crippen molar-refractivity contribution in [3.8, 4) is 11.1 Å². The molecule has 0 saturated heterocycles. The maximum atomic E-state index is 12.7. The summed E-state index contributed by atoms with van der Waals surface area (Å²) in [6.07, 6.45) is -1.11. The number of nitrogens with one attached hydrogen (secondary N) is 3. The fourth-order valence-electron chi connectivity index (χ4n) is 2.50. The van der Waals surface area contributed by atoms with Crippen LogP contribution in [0.5, 0.6) is 0 Å². The predicted molar refractivity (Wildman–Crippen MR) is 137 cm³/mol. The molecule has 0 aliphatic rings. The van der Waals surface area contributed by atoms with E-state index in [2.05, 4.69) is 16.0 Å². The van der Waals surface area contributed by atoms with Gasteiger partial charge in [0.1, 0.15) is 16.7 Å². The lowest BCUT2D eigenvalue weighted by atomic mass is 9.95. The Morgan fingerprint density at radius 2 is 1.75 bits per heavy atom. The van der Waals surface area contributed by atoms with Crippen LogP contribution in [0.1, 0.15) is 38.1 Å². The molecule has 6 nitrogen and oxygen atoms in total. The number of hydrogen-bond donors (Lipinski definition) is 3. The normalized spacial score (nSPS) is 12.6. The number of carbonyl (C=O) groups excluding carboxylic acids is 2. The predicted octanol–water partition coefficient (Wildman–Crippen LogP) is 5.74. The molecule has 3 N–H and O–H groups in total. The second-order valence-electron chi connectivity index (χ2n) is 7.74. The van der Waals surface area contributed by atoms with Crippen LogP contribution in [0.4, 0.5) is 5.00 Å². The minimum atomic E-state index is -1.89. The molecule has 1 heterocycles. The number of alkyl halides is 3. The second kappa shape index (κ2) is 11.0. The number of halogens is 3. The van der Waals surface area contributed by atoms with E-state index in [1.807, 2.05) is 35.7 Å². The van der Waals surface area contributed by atoms with Crippen molar-refractivity contribution in [3.05, 3.63) is 41.3 Å². The number of carbonyl (C=O) groups is 2. The van der Waals surface area contributed by atoms with E-state index < -0.39 is 21.3 Å². The van der Waals surface area contributed by atoms with E-state index in [0.717, 1.165) is 5.56 Å². The zero-order valence-corrected chi connectivity index (χ0v) is 21.8. The van der Waals surface area contributed by atoms with E-state index in [4.69, 9.17) is 51.8 Å². The number of thiocarbonyl (C=S) groups is 1. The Morgan fingerprint density at radius 1 is 1.12 bits per heavy atom. The van der Waals surface area contributed by atoms with Gasteiger partial charge >= 0.3 is 5.97 Å². The van der Waals surface area contributed by atoms with Crippen LogP contribution < -0.4 is 16.0 Å². The fourth-order valence-corrected chi connectivity index (χ4v) is 4.08. The summed E-state index contributed by atoms with van der Waals surface area (Å²) < 4.78 is 3.35. The molecule has 1 aromatic carbocycles. The molecule has 2 aromatic rings. The molecule has 0 aliphatic carbocycles. The number of rotatable bonds is 6. The van der Waals surface area contributed by atoms with Crippen LogP contribution in [0.15, 0.2) is 35.7 Å². The molecule has 0 fully saturated rings. The maximum absolute atomic E-state index is 12.7. The second-order valence-corrected chi connectivity index (χ2v) is 11.4. The summed E-state index contributed by atoms with van der Waals surface area (Å²) in [4.78, 5) is 25.1. The van der Waals surface area contributed by atoms with E-state index in [-0.39, 0.29) is 17.6 Å². The summed E-state index contributed by atoms with van der Waals surface area (Å²) in [5, 5.41) is 10.8. The van der Waals surface area contributed by atoms with Gasteiger partial charge in [-0.15, -0.1) is 11.3 Å². The first-order valence-electron chi connectivity index (χ1n) is 9.63. The molecule has 11 heteroatoms. The van der Waals surface area contributed by atoms with Crippen molar-refractivity contribution >= 4 is 80.3 Å². The first kappa shape index (κ1) is 26.7. The van der Waals surface area contributed by atoms with E-state index in [1.165, 1.54) is 11.3 Å². The third-order valence-electron chi connectivity index (χ3n) is 4.14. The Kier molecular flexibility index (Phi) is 9.19. The highest BCUT2D eigenvalue weighted by Gasteiger charge is 2.37. The molecule has 1 atom stereocenters. The summed E-state index contributed by atoms with van der Waals surface area (Å²) in [5.41, 5.74) is 1.20. The first-order valence-corrected chi connectivity index (χ1v) is 12.1. The average Bonchev–Trinajstić information content (AvgIpc) is 3.10. The standard InChI is InChI=1S/C21H24Cl3N3O3S2/c1-5-30-16(28)14-13(12-9-7-6-8-10-12)11-32-15(14)25-19(31)27-17(21(22,23)24)26-18(29)20(2,3)4/h6-11,17H,5H2,1-4H3,(H,26,29)(H2,25,27,31)/t17-/m0/s1. The van der Waals surface area contributed by atoms with Crippen molar-refractivity contribution in [3.63, 3.8) is 0 Å². The van der Waals surface area contributed by atoms with Gasteiger partial charge in [-0.25, -0.2) is 4.79 Å². The van der Waals surface area contributed by atoms with Crippen LogP contribution in [0.25, 0.3) is 11.1 Å². The molecule has 2 rings (SSSR count). The van der Waals surface area contributed by atoms with Crippen LogP contribution in [0, 0.1) is 5.41 Å². The topological polar surface area (TPSA) is 79.5 Å². The third-order valence-corrected chi connectivity index (χ3v) is 5.91. The van der Waals surface area contributed by atoms with E-state index in [9.17, 15) is 9.59 Å². The minimum Gasteiger partial charge on any atom is -0.462 e. The average molecular weight is 537 g/mol. The molecule has 0 aliphatic heterocycles. The number of benzene rings is 1. The quantitative estimate of drug-likeness (QED) is 0.189. The Balaban J connectivity index is 2.28. The third kappa shape index (κ3) is 7.22. The monoisotopic (exact) mass is 535 g/mol. The zero-order valence-electron chi connectivity index (χ0n) is 17.9. The zero-order chi connectivity index (χ0) is 24.1. The highest BCUT2D eigenvalue weighted by atomic mass is 35.6. The molecule has 0 spiro atoms. The van der Waals surface area contributed by atoms with Crippen molar-refractivity contribution in [2.45, 2.75) is 37.7 Å². The van der Waals surface area contributed by atoms with Gasteiger partial charge in [-0.1, -0.05) is 85.9 Å². The number of hydrogen-bond acceptors (Lipinski definition) is 5. The highest BCUT2D eigenvalue weighted by Crippen LogP contribution is 2.36. The molecule has 1 aromatic heterocycles. The summed E-state index contributed by atoms with van der Waals surface area (Å²) in [6, 6.07) is 9.44. The minimum absolute atomic E-state index is 0.0579. The summed E-state index contributed by atoms with van der Waals surface area (Å²) >= 11 is 24.8. The molecule has 174 valence electrons. The molecular weight excluding hydrogens is 513 g/mol. The summed E-state index contributed by atoms with van der Waals surface area (Å²) in [7, 11) is 0. The van der Waals surface area contributed by atoms with Crippen LogP contribution >= 0.6 is 58.4 Å². The molecule has 0 saturated carbocycles. The fraction of sp³-hybridized carbons (Fsp3) is 0.381. The van der Waals surface area contributed by atoms with Gasteiger partial charge in [0.2, 0.25) is 9.70 Å². The molecule has 0 bridgehead atoms. The Hall–Kier alpha value is -1.58. The van der Waals surface area contributed by atoms with Gasteiger partial charge < -0.3 is 20.7 Å². The number of anilines is 1. The van der Waals surface area contributed by atoms with Crippen molar-refractivity contribution in [1.82, 2.24) is 10.6 Å². The van der Waals surface area contributed by atoms with Crippen LogP contribution in [-0.4, -0.2) is 33.6 Å². The van der Waals surface area contributed by atoms with Crippen LogP contribution in [0.2, 0.25) is 0 Å². The maximum Gasteiger partial charge on any atom is 0.341 e. The van der Waals surface area contributed by atoms with Crippen molar-refractivity contribution in [1.29, 1.82) is 0 Å². The molecular formula is C21H24Cl3N3O3S2. The molecule has 0 unspecified atom stereocenters. The largest absolute Gasteiger partial charge is 0.462 e. The first-order chi connectivity index (χ1) is 14.8. The van der Waals surface area contributed by atoms with Gasteiger partial charge in [0, 0.05) is 16.4 Å². The van der Waals surface area contributed by atoms with Crippen molar-refractivity contribution in [2.75, 3.05) is 11.9 Å². The Labute approximate surface area is 211 Å². The molecule has 32 heavy (non-hydrogen) atoms. The summed E-state index contributed by atoms with van der Waals surface area (Å²) in [5.74, 6) is -0.823. The number of ether oxygens (including phenoxy) is 1. The van der Waals surface area contributed by atoms with Gasteiger partial charge in [-0.2, -0.15) is 0 Å². The van der Waals surface area contributed by atoms with Gasteiger partial charge in [0.05, 0.1) is 6.61 Å². The van der Waals surface area contributed by atoms with E-state index >= 15 is 0 Å². The number of esters is 1. The van der Waals surface area contributed by atoms with Crippen molar-refractivity contribution in [2.24, 2.45) is 5.41 Å². The molecule has 1 amide bonds. The lowest BCUT2D eigenvalue weighted by molar-refractivity contribution is -0.129. The number of amides is 1. The van der Waals surface area contributed by atoms with Gasteiger partial charge in [-0.3, -0.25) is 4.79 Å². The van der Waals surface area contributed by atoms with Crippen molar-refractivity contribution < 1.29 is 14.3 Å². The van der Waals surface area contributed by atoms with Crippen LogP contribution in [-0.2, 0) is 9.53 Å².